The van der Waals surface area contributed by atoms with Crippen LogP contribution in [0.15, 0.2) is 64.3 Å². The minimum atomic E-state index is -0.0928. The lowest BCUT2D eigenvalue weighted by molar-refractivity contribution is -0.113. The van der Waals surface area contributed by atoms with Gasteiger partial charge in [-0.1, -0.05) is 25.1 Å². The molecule has 0 fully saturated rings. The van der Waals surface area contributed by atoms with Crippen molar-refractivity contribution in [1.29, 1.82) is 0 Å². The van der Waals surface area contributed by atoms with Crippen molar-refractivity contribution in [2.45, 2.75) is 18.2 Å². The van der Waals surface area contributed by atoms with E-state index < -0.39 is 0 Å². The molecule has 1 aromatic heterocycles. The fourth-order valence-electron chi connectivity index (χ4n) is 2.43. The third kappa shape index (κ3) is 3.86. The molecule has 0 bridgehead atoms. The van der Waals surface area contributed by atoms with Gasteiger partial charge >= 0.3 is 0 Å². The maximum Gasteiger partial charge on any atom is 0.234 e. The summed E-state index contributed by atoms with van der Waals surface area (Å²) < 4.78 is 0. The molecule has 0 unspecified atom stereocenters. The zero-order chi connectivity index (χ0) is 16.9. The van der Waals surface area contributed by atoms with Gasteiger partial charge in [0.25, 0.3) is 0 Å². The van der Waals surface area contributed by atoms with Gasteiger partial charge in [0.05, 0.1) is 5.75 Å². The molecule has 2 aromatic carbocycles. The predicted octanol–water partition coefficient (Wildman–Crippen LogP) is 3.82. The van der Waals surface area contributed by atoms with Crippen LogP contribution in [-0.2, 0) is 11.2 Å². The molecule has 0 saturated heterocycles. The van der Waals surface area contributed by atoms with Crippen molar-refractivity contribution >= 4 is 34.3 Å². The summed E-state index contributed by atoms with van der Waals surface area (Å²) in [6.45, 7) is 2.00. The zero-order valence-electron chi connectivity index (χ0n) is 13.3. The van der Waals surface area contributed by atoms with Crippen molar-refractivity contribution in [3.05, 3.63) is 70.5 Å². The molecule has 5 heteroatoms. The molecule has 2 N–H and O–H groups in total. The summed E-state index contributed by atoms with van der Waals surface area (Å²) in [7, 11) is 0. The van der Waals surface area contributed by atoms with Crippen LogP contribution in [0.2, 0.25) is 0 Å². The molecule has 3 aromatic rings. The summed E-state index contributed by atoms with van der Waals surface area (Å²) in [5.74, 6) is 0.234. The summed E-state index contributed by atoms with van der Waals surface area (Å²) in [6.07, 6.45) is 0.778. The van der Waals surface area contributed by atoms with Crippen LogP contribution in [0.4, 0.5) is 5.69 Å². The first-order valence-electron chi connectivity index (χ1n) is 7.79. The van der Waals surface area contributed by atoms with E-state index in [0.717, 1.165) is 22.5 Å². The van der Waals surface area contributed by atoms with E-state index in [2.05, 4.69) is 10.3 Å². The van der Waals surface area contributed by atoms with E-state index in [0.29, 0.717) is 16.8 Å². The number of carbonyl (C=O) groups excluding carboxylic acids is 1. The molecule has 0 aliphatic rings. The second-order valence-corrected chi connectivity index (χ2v) is 6.47. The van der Waals surface area contributed by atoms with E-state index in [1.807, 2.05) is 49.4 Å². The number of thioether (sulfide) groups is 1. The highest BCUT2D eigenvalue weighted by atomic mass is 32.2. The number of aromatic nitrogens is 1. The summed E-state index contributed by atoms with van der Waals surface area (Å²) in [5.41, 5.74) is 2.30. The first-order valence-corrected chi connectivity index (χ1v) is 8.78. The van der Waals surface area contributed by atoms with Gasteiger partial charge in [0.1, 0.15) is 0 Å². The van der Waals surface area contributed by atoms with E-state index >= 15 is 0 Å². The normalized spacial score (nSPS) is 10.7. The third-order valence-electron chi connectivity index (χ3n) is 3.66. The Morgan fingerprint density at radius 3 is 2.67 bits per heavy atom. The maximum absolute atomic E-state index is 12.2. The number of aryl methyl sites for hydroxylation is 1. The van der Waals surface area contributed by atoms with Crippen molar-refractivity contribution in [2.75, 3.05) is 11.1 Å². The first kappa shape index (κ1) is 16.3. The Labute approximate surface area is 144 Å². The van der Waals surface area contributed by atoms with Crippen LogP contribution in [0, 0.1) is 0 Å². The molecule has 0 spiro atoms. The molecule has 0 radical (unpaired) electrons. The Balaban J connectivity index is 1.72. The molecular formula is C19H18N2O2S. The van der Waals surface area contributed by atoms with E-state index in [1.165, 1.54) is 11.8 Å². The fourth-order valence-corrected chi connectivity index (χ4v) is 3.15. The van der Waals surface area contributed by atoms with Gasteiger partial charge < -0.3 is 10.3 Å². The number of amides is 1. The number of nitrogens with one attached hydrogen (secondary N) is 2. The zero-order valence-corrected chi connectivity index (χ0v) is 14.2. The highest BCUT2D eigenvalue weighted by Gasteiger charge is 2.06. The Hall–Kier alpha value is -2.53. The predicted molar refractivity (Wildman–Crippen MR) is 99.7 cm³/mol. The van der Waals surface area contributed by atoms with Gasteiger partial charge in [0.2, 0.25) is 5.91 Å². The highest BCUT2D eigenvalue weighted by Crippen LogP contribution is 2.19. The lowest BCUT2D eigenvalue weighted by Crippen LogP contribution is -2.14. The Morgan fingerprint density at radius 1 is 1.12 bits per heavy atom. The molecule has 24 heavy (non-hydrogen) atoms. The molecule has 122 valence electrons. The van der Waals surface area contributed by atoms with Gasteiger partial charge in [0, 0.05) is 33.2 Å². The lowest BCUT2D eigenvalue weighted by atomic mass is 10.1. The standard InChI is InChI=1S/C19H18N2O2S/c1-2-13-11-18(22)16-10-14(8-9-17(16)20-13)21-19(23)12-24-15-6-4-3-5-7-15/h3-11H,2,12H2,1H3,(H,20,22)(H,21,23). The van der Waals surface area contributed by atoms with Crippen LogP contribution in [0.5, 0.6) is 0 Å². The maximum atomic E-state index is 12.2. The summed E-state index contributed by atoms with van der Waals surface area (Å²) in [6, 6.07) is 16.7. The molecule has 1 heterocycles. The van der Waals surface area contributed by atoms with Gasteiger partial charge in [-0.3, -0.25) is 9.59 Å². The van der Waals surface area contributed by atoms with Crippen molar-refractivity contribution in [3.63, 3.8) is 0 Å². The van der Waals surface area contributed by atoms with Crippen molar-refractivity contribution < 1.29 is 4.79 Å². The molecule has 0 aliphatic heterocycles. The first-order chi connectivity index (χ1) is 11.7. The minimum Gasteiger partial charge on any atom is -0.358 e. The number of anilines is 1. The van der Waals surface area contributed by atoms with E-state index in [9.17, 15) is 9.59 Å². The van der Waals surface area contributed by atoms with E-state index in [-0.39, 0.29) is 11.3 Å². The number of rotatable bonds is 5. The lowest BCUT2D eigenvalue weighted by Gasteiger charge is -2.07. The van der Waals surface area contributed by atoms with Crippen LogP contribution < -0.4 is 10.7 Å². The Morgan fingerprint density at radius 2 is 1.92 bits per heavy atom. The monoisotopic (exact) mass is 338 g/mol. The SMILES string of the molecule is CCc1cc(=O)c2cc(NC(=O)CSc3ccccc3)ccc2[nH]1. The molecule has 3 rings (SSSR count). The molecule has 4 nitrogen and oxygen atoms in total. The second-order valence-electron chi connectivity index (χ2n) is 5.42. The quantitative estimate of drug-likeness (QED) is 0.695. The highest BCUT2D eigenvalue weighted by molar-refractivity contribution is 8.00. The summed E-state index contributed by atoms with van der Waals surface area (Å²) in [4.78, 5) is 28.5. The van der Waals surface area contributed by atoms with Gasteiger partial charge in [0.15, 0.2) is 5.43 Å². The average Bonchev–Trinajstić information content (AvgIpc) is 2.61. The number of H-pyrrole nitrogens is 1. The minimum absolute atomic E-state index is 0.0321. The molecular weight excluding hydrogens is 320 g/mol. The largest absolute Gasteiger partial charge is 0.358 e. The molecule has 1 amide bonds. The Bertz CT molecular complexity index is 920. The average molecular weight is 338 g/mol. The van der Waals surface area contributed by atoms with Crippen molar-refractivity contribution in [2.24, 2.45) is 0 Å². The number of hydrogen-bond donors (Lipinski definition) is 2. The topological polar surface area (TPSA) is 62.0 Å². The van der Waals surface area contributed by atoms with Crippen LogP contribution in [0.3, 0.4) is 0 Å². The smallest absolute Gasteiger partial charge is 0.234 e. The summed E-state index contributed by atoms with van der Waals surface area (Å²) >= 11 is 1.48. The number of pyridine rings is 1. The molecule has 0 atom stereocenters. The van der Waals surface area contributed by atoms with Crippen LogP contribution in [0.1, 0.15) is 12.6 Å². The van der Waals surface area contributed by atoms with Crippen LogP contribution >= 0.6 is 11.8 Å². The summed E-state index contributed by atoms with van der Waals surface area (Å²) in [5, 5.41) is 3.43. The third-order valence-corrected chi connectivity index (χ3v) is 4.68. The number of fused-ring (bicyclic) bond motifs is 1. The van der Waals surface area contributed by atoms with Crippen molar-refractivity contribution in [1.82, 2.24) is 4.98 Å². The van der Waals surface area contributed by atoms with E-state index in [1.54, 1.807) is 12.1 Å². The number of hydrogen-bond acceptors (Lipinski definition) is 3. The van der Waals surface area contributed by atoms with Crippen molar-refractivity contribution in [3.8, 4) is 0 Å². The fraction of sp³-hybridized carbons (Fsp3) is 0.158. The van der Waals surface area contributed by atoms with Crippen LogP contribution in [-0.4, -0.2) is 16.6 Å². The van der Waals surface area contributed by atoms with Crippen LogP contribution in [0.25, 0.3) is 10.9 Å². The molecule has 0 saturated carbocycles. The van der Waals surface area contributed by atoms with Gasteiger partial charge in [-0.2, -0.15) is 0 Å². The Kier molecular flexibility index (Phi) is 5.01. The number of carbonyl (C=O) groups is 1. The molecule has 0 aliphatic carbocycles. The van der Waals surface area contributed by atoms with Gasteiger partial charge in [-0.25, -0.2) is 0 Å². The number of aromatic amines is 1. The second kappa shape index (κ2) is 7.36. The van der Waals surface area contributed by atoms with E-state index in [4.69, 9.17) is 0 Å². The van der Waals surface area contributed by atoms with Gasteiger partial charge in [-0.15, -0.1) is 11.8 Å². The number of benzene rings is 2. The van der Waals surface area contributed by atoms with Gasteiger partial charge in [-0.05, 0) is 36.8 Å².